The largest absolute Gasteiger partial charge is 0.269 e. The lowest BCUT2D eigenvalue weighted by molar-refractivity contribution is 0.0948. The average molecular weight is 433 g/mol. The van der Waals surface area contributed by atoms with Gasteiger partial charge in [-0.05, 0) is 30.7 Å². The van der Waals surface area contributed by atoms with Gasteiger partial charge in [-0.3, -0.25) is 15.2 Å². The molecule has 0 bridgehead atoms. The minimum atomic E-state index is -0.175. The molecule has 0 radical (unpaired) electrons. The molecule has 4 rings (SSSR count). The Morgan fingerprint density at radius 1 is 1.07 bits per heavy atom. The Morgan fingerprint density at radius 2 is 1.83 bits per heavy atom. The molecule has 1 amide bonds. The zero-order valence-corrected chi connectivity index (χ0v) is 18.0. The van der Waals surface area contributed by atoms with Gasteiger partial charge in [0, 0.05) is 16.3 Å². The maximum atomic E-state index is 12.9. The molecule has 0 spiro atoms. The van der Waals surface area contributed by atoms with Gasteiger partial charge in [-0.25, -0.2) is 9.97 Å². The van der Waals surface area contributed by atoms with E-state index in [1.807, 2.05) is 72.3 Å². The molecule has 0 aliphatic rings. The molecule has 2 aromatic heterocycles. The summed E-state index contributed by atoms with van der Waals surface area (Å²) in [6.07, 6.45) is 1.72. The Bertz CT molecular complexity index is 1150. The number of thiazole rings is 2. The van der Waals surface area contributed by atoms with Gasteiger partial charge in [0.1, 0.15) is 10.7 Å². The number of carbonyl (C=O) groups is 1. The standard InChI is InChI=1S/C23H20N4OS2/c1-3-19-14-29-22(24-19)20-15-30-23(25-20)27(13-17-7-5-4-6-8-17)26-21(28)18-11-9-16(2)10-12-18/h3-12,14-15H,1,13H2,2H3,(H,26,28). The number of hydrogen-bond donors (Lipinski definition) is 1. The van der Waals surface area contributed by atoms with E-state index in [9.17, 15) is 4.79 Å². The van der Waals surface area contributed by atoms with Gasteiger partial charge in [0.25, 0.3) is 5.91 Å². The van der Waals surface area contributed by atoms with Crippen LogP contribution in [0.15, 0.2) is 71.9 Å². The fourth-order valence-corrected chi connectivity index (χ4v) is 4.41. The van der Waals surface area contributed by atoms with Gasteiger partial charge >= 0.3 is 0 Å². The molecule has 0 unspecified atom stereocenters. The van der Waals surface area contributed by atoms with Gasteiger partial charge < -0.3 is 0 Å². The van der Waals surface area contributed by atoms with Crippen LogP contribution in [0.5, 0.6) is 0 Å². The van der Waals surface area contributed by atoms with E-state index in [1.54, 1.807) is 11.1 Å². The van der Waals surface area contributed by atoms with E-state index in [0.717, 1.165) is 27.5 Å². The highest BCUT2D eigenvalue weighted by molar-refractivity contribution is 7.15. The van der Waals surface area contributed by atoms with Gasteiger partial charge in [-0.2, -0.15) is 0 Å². The summed E-state index contributed by atoms with van der Waals surface area (Å²) in [6.45, 7) is 6.25. The van der Waals surface area contributed by atoms with Gasteiger partial charge in [-0.1, -0.05) is 54.6 Å². The van der Waals surface area contributed by atoms with Crippen molar-refractivity contribution < 1.29 is 4.79 Å². The van der Waals surface area contributed by atoms with Crippen molar-refractivity contribution >= 4 is 39.8 Å². The molecule has 2 heterocycles. The van der Waals surface area contributed by atoms with Gasteiger partial charge in [0.15, 0.2) is 0 Å². The van der Waals surface area contributed by atoms with Crippen LogP contribution in [-0.4, -0.2) is 15.9 Å². The summed E-state index contributed by atoms with van der Waals surface area (Å²) in [7, 11) is 0. The Balaban J connectivity index is 1.60. The zero-order valence-electron chi connectivity index (χ0n) is 16.4. The number of aryl methyl sites for hydroxylation is 1. The van der Waals surface area contributed by atoms with Crippen molar-refractivity contribution in [1.82, 2.24) is 15.4 Å². The van der Waals surface area contributed by atoms with Crippen LogP contribution in [0.1, 0.15) is 27.2 Å². The first-order chi connectivity index (χ1) is 14.6. The van der Waals surface area contributed by atoms with Crippen LogP contribution in [-0.2, 0) is 6.54 Å². The predicted molar refractivity (Wildman–Crippen MR) is 125 cm³/mol. The molecular formula is C23H20N4OS2. The summed E-state index contributed by atoms with van der Waals surface area (Å²) in [5.41, 5.74) is 7.41. The van der Waals surface area contributed by atoms with E-state index >= 15 is 0 Å². The monoisotopic (exact) mass is 432 g/mol. The second-order valence-electron chi connectivity index (χ2n) is 6.68. The van der Waals surface area contributed by atoms with Crippen LogP contribution in [0, 0.1) is 6.92 Å². The van der Waals surface area contributed by atoms with Crippen LogP contribution in [0.2, 0.25) is 0 Å². The first-order valence-corrected chi connectivity index (χ1v) is 11.1. The lowest BCUT2D eigenvalue weighted by atomic mass is 10.1. The molecule has 0 saturated carbocycles. The van der Waals surface area contributed by atoms with E-state index in [2.05, 4.69) is 17.0 Å². The number of hydrogen-bond acceptors (Lipinski definition) is 6. The predicted octanol–water partition coefficient (Wildman–Crippen LogP) is 5.57. The maximum Gasteiger partial charge on any atom is 0.269 e. The van der Waals surface area contributed by atoms with Gasteiger partial charge in [-0.15, -0.1) is 22.7 Å². The maximum absolute atomic E-state index is 12.9. The molecule has 1 N–H and O–H groups in total. The number of carbonyl (C=O) groups excluding carboxylic acids is 1. The number of hydrazine groups is 1. The van der Waals surface area contributed by atoms with Gasteiger partial charge in [0.05, 0.1) is 12.2 Å². The lowest BCUT2D eigenvalue weighted by Gasteiger charge is -2.22. The summed E-state index contributed by atoms with van der Waals surface area (Å²) in [4.78, 5) is 22.1. The number of rotatable bonds is 7. The Labute approximate surface area is 183 Å². The summed E-state index contributed by atoms with van der Waals surface area (Å²) < 4.78 is 0. The number of aromatic nitrogens is 2. The topological polar surface area (TPSA) is 58.1 Å². The molecule has 7 heteroatoms. The quantitative estimate of drug-likeness (QED) is 0.388. The Kier molecular flexibility index (Phi) is 6.02. The van der Waals surface area contributed by atoms with E-state index in [-0.39, 0.29) is 5.91 Å². The van der Waals surface area contributed by atoms with Crippen LogP contribution in [0.4, 0.5) is 5.13 Å². The SMILES string of the molecule is C=Cc1csc(-c2csc(N(Cc3ccccc3)NC(=O)c3ccc(C)cc3)n2)n1. The van der Waals surface area contributed by atoms with E-state index in [4.69, 9.17) is 4.98 Å². The number of benzene rings is 2. The molecule has 0 saturated heterocycles. The molecule has 150 valence electrons. The van der Waals surface area contributed by atoms with Crippen LogP contribution >= 0.6 is 22.7 Å². The molecule has 0 atom stereocenters. The number of anilines is 1. The van der Waals surface area contributed by atoms with E-state index in [1.165, 1.54) is 22.7 Å². The van der Waals surface area contributed by atoms with Crippen molar-refractivity contribution in [2.24, 2.45) is 0 Å². The lowest BCUT2D eigenvalue weighted by Crippen LogP contribution is -2.42. The first kappa shape index (κ1) is 20.0. The van der Waals surface area contributed by atoms with Crippen LogP contribution < -0.4 is 10.4 Å². The minimum absolute atomic E-state index is 0.175. The summed E-state index contributed by atoms with van der Waals surface area (Å²) in [6, 6.07) is 17.5. The Hall–Kier alpha value is -3.29. The second-order valence-corrected chi connectivity index (χ2v) is 8.37. The Morgan fingerprint density at radius 3 is 2.53 bits per heavy atom. The third-order valence-electron chi connectivity index (χ3n) is 4.41. The third kappa shape index (κ3) is 4.64. The van der Waals surface area contributed by atoms with Crippen LogP contribution in [0.25, 0.3) is 16.8 Å². The van der Waals surface area contributed by atoms with E-state index < -0.39 is 0 Å². The minimum Gasteiger partial charge on any atom is -0.267 e. The molecular weight excluding hydrogens is 412 g/mol. The molecule has 4 aromatic rings. The van der Waals surface area contributed by atoms with Crippen molar-refractivity contribution in [2.75, 3.05) is 5.01 Å². The summed E-state index contributed by atoms with van der Waals surface area (Å²) >= 11 is 2.99. The molecule has 0 fully saturated rings. The first-order valence-electron chi connectivity index (χ1n) is 9.35. The second kappa shape index (κ2) is 9.02. The fraction of sp³-hybridized carbons (Fsp3) is 0.0870. The third-order valence-corrected chi connectivity index (χ3v) is 6.15. The smallest absolute Gasteiger partial charge is 0.267 e. The number of nitrogens with zero attached hydrogens (tertiary/aromatic N) is 3. The summed E-state index contributed by atoms with van der Waals surface area (Å²) in [5, 5.41) is 7.22. The molecule has 0 aliphatic heterocycles. The zero-order chi connectivity index (χ0) is 20.9. The molecule has 2 aromatic carbocycles. The number of amides is 1. The normalized spacial score (nSPS) is 10.6. The highest BCUT2D eigenvalue weighted by atomic mass is 32.1. The molecule has 5 nitrogen and oxygen atoms in total. The molecule has 0 aliphatic carbocycles. The van der Waals surface area contributed by atoms with Crippen molar-refractivity contribution in [3.05, 3.63) is 94.3 Å². The van der Waals surface area contributed by atoms with Gasteiger partial charge in [0.2, 0.25) is 5.13 Å². The van der Waals surface area contributed by atoms with Crippen molar-refractivity contribution in [3.8, 4) is 10.7 Å². The molecule has 30 heavy (non-hydrogen) atoms. The average Bonchev–Trinajstić information content (AvgIpc) is 3.44. The summed E-state index contributed by atoms with van der Waals surface area (Å²) in [5.74, 6) is -0.175. The van der Waals surface area contributed by atoms with Crippen molar-refractivity contribution in [1.29, 1.82) is 0 Å². The highest BCUT2D eigenvalue weighted by Gasteiger charge is 2.17. The van der Waals surface area contributed by atoms with E-state index in [0.29, 0.717) is 17.2 Å². The van der Waals surface area contributed by atoms with Crippen molar-refractivity contribution in [3.63, 3.8) is 0 Å². The number of nitrogens with one attached hydrogen (secondary N) is 1. The highest BCUT2D eigenvalue weighted by Crippen LogP contribution is 2.30. The fourth-order valence-electron chi connectivity index (χ4n) is 2.80. The van der Waals surface area contributed by atoms with Crippen molar-refractivity contribution in [2.45, 2.75) is 13.5 Å². The van der Waals surface area contributed by atoms with Crippen LogP contribution in [0.3, 0.4) is 0 Å².